The fourth-order valence-corrected chi connectivity index (χ4v) is 3.71. The van der Waals surface area contributed by atoms with E-state index in [9.17, 15) is 9.90 Å². The largest absolute Gasteiger partial charge is 0.507 e. The zero-order valence-electron chi connectivity index (χ0n) is 16.5. The Bertz CT molecular complexity index is 998. The number of aliphatic hydroxyl groups is 1. The molecule has 1 aromatic carbocycles. The third kappa shape index (κ3) is 4.57. The van der Waals surface area contributed by atoms with Crippen molar-refractivity contribution in [3.05, 3.63) is 35.0 Å². The van der Waals surface area contributed by atoms with Gasteiger partial charge >= 0.3 is 0 Å². The van der Waals surface area contributed by atoms with Crippen LogP contribution in [0.2, 0.25) is 0 Å². The number of aromatic hydroxyl groups is 1. The molecule has 4 N–H and O–H groups in total. The molecule has 2 heterocycles. The summed E-state index contributed by atoms with van der Waals surface area (Å²) in [5.74, 6) is 0.116. The van der Waals surface area contributed by atoms with Crippen LogP contribution in [0.15, 0.2) is 23.7 Å². The number of aryl methyl sites for hydroxylation is 2. The molecular formula is C20H24N4O4S. The number of phenolic OH excluding ortho intramolecular Hbond substituents is 1. The van der Waals surface area contributed by atoms with E-state index in [1.165, 1.54) is 17.4 Å². The second kappa shape index (κ2) is 9.06. The van der Waals surface area contributed by atoms with Crippen molar-refractivity contribution in [3.63, 3.8) is 0 Å². The van der Waals surface area contributed by atoms with Crippen molar-refractivity contribution in [2.75, 3.05) is 13.2 Å². The van der Waals surface area contributed by atoms with Crippen LogP contribution in [0.25, 0.3) is 21.8 Å². The van der Waals surface area contributed by atoms with E-state index in [4.69, 9.17) is 9.84 Å². The van der Waals surface area contributed by atoms with Crippen molar-refractivity contribution in [2.45, 2.75) is 33.3 Å². The summed E-state index contributed by atoms with van der Waals surface area (Å²) < 4.78 is 5.78. The summed E-state index contributed by atoms with van der Waals surface area (Å²) in [5, 5.41) is 31.9. The first-order chi connectivity index (χ1) is 13.9. The maximum Gasteiger partial charge on any atom is 0.260 e. The summed E-state index contributed by atoms with van der Waals surface area (Å²) in [4.78, 5) is 16.5. The molecule has 1 amide bonds. The predicted octanol–water partition coefficient (Wildman–Crippen LogP) is 2.65. The highest BCUT2D eigenvalue weighted by molar-refractivity contribution is 7.13. The molecular weight excluding hydrogens is 392 g/mol. The number of carbonyl (C=O) groups excluding carboxylic acids is 1. The molecule has 0 unspecified atom stereocenters. The van der Waals surface area contributed by atoms with Crippen LogP contribution in [-0.4, -0.2) is 50.6 Å². The Hall–Kier alpha value is -2.91. The van der Waals surface area contributed by atoms with E-state index in [0.717, 1.165) is 21.8 Å². The Kier molecular flexibility index (Phi) is 6.50. The van der Waals surface area contributed by atoms with Crippen molar-refractivity contribution < 1.29 is 19.7 Å². The number of phenols is 1. The van der Waals surface area contributed by atoms with Gasteiger partial charge in [0.1, 0.15) is 16.5 Å². The first kappa shape index (κ1) is 20.8. The molecule has 0 radical (unpaired) electrons. The first-order valence-electron chi connectivity index (χ1n) is 9.31. The topological polar surface area (TPSA) is 120 Å². The minimum atomic E-state index is -0.766. The van der Waals surface area contributed by atoms with E-state index in [2.05, 4.69) is 20.5 Å². The van der Waals surface area contributed by atoms with Gasteiger partial charge < -0.3 is 20.3 Å². The highest BCUT2D eigenvalue weighted by Gasteiger charge is 2.21. The number of rotatable bonds is 8. The van der Waals surface area contributed by atoms with Gasteiger partial charge in [0.2, 0.25) is 0 Å². The van der Waals surface area contributed by atoms with Gasteiger partial charge in [-0.25, -0.2) is 4.98 Å². The molecule has 9 heteroatoms. The summed E-state index contributed by atoms with van der Waals surface area (Å²) in [6.07, 6.45) is 1.57. The highest BCUT2D eigenvalue weighted by atomic mass is 32.1. The fraction of sp³-hybridized carbons (Fsp3) is 0.350. The molecule has 29 heavy (non-hydrogen) atoms. The number of aromatic nitrogens is 3. The van der Waals surface area contributed by atoms with Gasteiger partial charge in [-0.1, -0.05) is 6.92 Å². The summed E-state index contributed by atoms with van der Waals surface area (Å²) in [7, 11) is 0. The van der Waals surface area contributed by atoms with Crippen molar-refractivity contribution in [3.8, 4) is 33.3 Å². The molecule has 0 aliphatic rings. The van der Waals surface area contributed by atoms with Gasteiger partial charge in [0.15, 0.2) is 6.10 Å². The second-order valence-corrected chi connectivity index (χ2v) is 7.42. The zero-order valence-corrected chi connectivity index (χ0v) is 17.3. The van der Waals surface area contributed by atoms with Gasteiger partial charge in [-0.05, 0) is 31.9 Å². The lowest BCUT2D eigenvalue weighted by Crippen LogP contribution is -2.37. The number of H-pyrrole nitrogens is 1. The maximum atomic E-state index is 12.0. The summed E-state index contributed by atoms with van der Waals surface area (Å²) >= 11 is 1.51. The van der Waals surface area contributed by atoms with Crippen LogP contribution in [0.1, 0.15) is 25.1 Å². The summed E-state index contributed by atoms with van der Waals surface area (Å²) in [6.45, 7) is 5.54. The SMILES string of the molecule is CCc1cc(-c2[nH]ncc2-c2nc(C)cs2)c(O)cc1O[C@@H](C)C(=O)NCCO. The van der Waals surface area contributed by atoms with Gasteiger partial charge in [0.05, 0.1) is 24.1 Å². The minimum Gasteiger partial charge on any atom is -0.507 e. The second-order valence-electron chi connectivity index (χ2n) is 6.56. The van der Waals surface area contributed by atoms with E-state index in [-0.39, 0.29) is 24.8 Å². The average molecular weight is 417 g/mol. The van der Waals surface area contributed by atoms with E-state index in [1.807, 2.05) is 25.3 Å². The lowest BCUT2D eigenvalue weighted by atomic mass is 10.0. The molecule has 0 spiro atoms. The van der Waals surface area contributed by atoms with Gasteiger partial charge in [-0.3, -0.25) is 9.89 Å². The van der Waals surface area contributed by atoms with E-state index in [1.54, 1.807) is 13.1 Å². The van der Waals surface area contributed by atoms with Crippen LogP contribution in [0.5, 0.6) is 11.5 Å². The van der Waals surface area contributed by atoms with Crippen LogP contribution in [-0.2, 0) is 11.2 Å². The molecule has 8 nitrogen and oxygen atoms in total. The third-order valence-electron chi connectivity index (χ3n) is 4.40. The van der Waals surface area contributed by atoms with E-state index in [0.29, 0.717) is 23.4 Å². The smallest absolute Gasteiger partial charge is 0.260 e. The van der Waals surface area contributed by atoms with Gasteiger partial charge in [0.25, 0.3) is 5.91 Å². The number of amides is 1. The van der Waals surface area contributed by atoms with Gasteiger partial charge in [0, 0.05) is 29.2 Å². The number of aliphatic hydroxyl groups excluding tert-OH is 1. The Morgan fingerprint density at radius 1 is 1.38 bits per heavy atom. The van der Waals surface area contributed by atoms with Crippen molar-refractivity contribution in [1.82, 2.24) is 20.5 Å². The van der Waals surface area contributed by atoms with Crippen molar-refractivity contribution in [1.29, 1.82) is 0 Å². The zero-order chi connectivity index (χ0) is 21.0. The Labute approximate surface area is 172 Å². The predicted molar refractivity (Wildman–Crippen MR) is 111 cm³/mol. The Balaban J connectivity index is 1.92. The minimum absolute atomic E-state index is 0.0129. The van der Waals surface area contributed by atoms with Crippen LogP contribution in [0, 0.1) is 6.92 Å². The number of hydrogen-bond donors (Lipinski definition) is 4. The maximum absolute atomic E-state index is 12.0. The van der Waals surface area contributed by atoms with Gasteiger partial charge in [-0.2, -0.15) is 5.10 Å². The molecule has 1 atom stereocenters. The van der Waals surface area contributed by atoms with E-state index < -0.39 is 6.10 Å². The van der Waals surface area contributed by atoms with E-state index >= 15 is 0 Å². The number of nitrogens with zero attached hydrogens (tertiary/aromatic N) is 2. The third-order valence-corrected chi connectivity index (χ3v) is 5.40. The first-order valence-corrected chi connectivity index (χ1v) is 10.2. The normalized spacial score (nSPS) is 12.0. The number of carbonyl (C=O) groups is 1. The Morgan fingerprint density at radius 3 is 2.83 bits per heavy atom. The monoisotopic (exact) mass is 416 g/mol. The number of aromatic amines is 1. The number of thiazole rings is 1. The molecule has 154 valence electrons. The number of benzene rings is 1. The van der Waals surface area contributed by atoms with Crippen molar-refractivity contribution >= 4 is 17.2 Å². The van der Waals surface area contributed by atoms with Crippen LogP contribution in [0.4, 0.5) is 0 Å². The molecule has 0 aliphatic carbocycles. The standard InChI is InChI=1S/C20H24N4O4S/c1-4-13-7-14(18-15(9-22-24-18)20-23-11(2)10-29-20)16(26)8-17(13)28-12(3)19(27)21-5-6-25/h7-10,12,25-26H,4-6H2,1-3H3,(H,21,27)(H,22,24)/t12-/m0/s1. The highest BCUT2D eigenvalue weighted by Crippen LogP contribution is 2.40. The lowest BCUT2D eigenvalue weighted by molar-refractivity contribution is -0.127. The van der Waals surface area contributed by atoms with Crippen molar-refractivity contribution in [2.24, 2.45) is 0 Å². The number of hydrogen-bond acceptors (Lipinski definition) is 7. The summed E-state index contributed by atoms with van der Waals surface area (Å²) in [5.41, 5.74) is 3.84. The Morgan fingerprint density at radius 2 is 2.17 bits per heavy atom. The number of ether oxygens (including phenoxy) is 1. The molecule has 0 aliphatic heterocycles. The molecule has 3 aromatic rings. The average Bonchev–Trinajstić information content (AvgIpc) is 3.35. The molecule has 0 fully saturated rings. The summed E-state index contributed by atoms with van der Waals surface area (Å²) in [6, 6.07) is 3.35. The molecule has 0 saturated carbocycles. The number of nitrogens with one attached hydrogen (secondary N) is 2. The van der Waals surface area contributed by atoms with Gasteiger partial charge in [-0.15, -0.1) is 11.3 Å². The molecule has 3 rings (SSSR count). The lowest BCUT2D eigenvalue weighted by Gasteiger charge is -2.18. The van der Waals surface area contributed by atoms with Crippen LogP contribution < -0.4 is 10.1 Å². The van der Waals surface area contributed by atoms with Crippen LogP contribution >= 0.6 is 11.3 Å². The van der Waals surface area contributed by atoms with Crippen LogP contribution in [0.3, 0.4) is 0 Å². The molecule has 0 bridgehead atoms. The fourth-order valence-electron chi connectivity index (χ4n) is 2.90. The molecule has 0 saturated heterocycles. The quantitative estimate of drug-likeness (QED) is 0.448. The molecule has 2 aromatic heterocycles.